The highest BCUT2D eigenvalue weighted by atomic mass is 32.1. The van der Waals surface area contributed by atoms with Crippen LogP contribution in [0.4, 0.5) is 0 Å². The lowest BCUT2D eigenvalue weighted by atomic mass is 10.2. The monoisotopic (exact) mass is 150 g/mol. The average molecular weight is 150 g/mol. The highest BCUT2D eigenvalue weighted by molar-refractivity contribution is 7.75. The van der Waals surface area contributed by atoms with E-state index in [-0.39, 0.29) is 12.2 Å². The topological polar surface area (TPSA) is 38.7 Å². The van der Waals surface area contributed by atoms with Crippen molar-refractivity contribution in [1.29, 1.82) is 0 Å². The van der Waals surface area contributed by atoms with E-state index in [4.69, 9.17) is 9.84 Å². The third-order valence-corrected chi connectivity index (χ3v) is 1.56. The van der Waals surface area contributed by atoms with Gasteiger partial charge in [-0.15, -0.1) is 0 Å². The molecule has 2 atom stereocenters. The molecule has 2 unspecified atom stereocenters. The number of thiol groups is 1. The summed E-state index contributed by atoms with van der Waals surface area (Å²) >= 11 is 3.55. The summed E-state index contributed by atoms with van der Waals surface area (Å²) < 4.78 is 9.59. The summed E-state index contributed by atoms with van der Waals surface area (Å²) in [4.78, 5) is 0. The smallest absolute Gasteiger partial charge is 0.108 e. The van der Waals surface area contributed by atoms with Crippen molar-refractivity contribution in [2.45, 2.75) is 18.6 Å². The maximum absolute atomic E-state index is 9.08. The molecule has 9 heavy (non-hydrogen) atoms. The third-order valence-electron chi connectivity index (χ3n) is 1.41. The summed E-state index contributed by atoms with van der Waals surface area (Å²) in [6, 6.07) is 0. The van der Waals surface area contributed by atoms with E-state index in [9.17, 15) is 0 Å². The van der Waals surface area contributed by atoms with Crippen molar-refractivity contribution in [3.05, 3.63) is 0 Å². The zero-order valence-corrected chi connectivity index (χ0v) is 5.88. The Bertz CT molecular complexity index is 88.3. The molecule has 54 valence electrons. The molecule has 0 radical (unpaired) electrons. The van der Waals surface area contributed by atoms with Gasteiger partial charge < -0.3 is 14.0 Å². The molecule has 0 spiro atoms. The minimum Gasteiger partial charge on any atom is -0.390 e. The fourth-order valence-corrected chi connectivity index (χ4v) is 1.02. The molecule has 0 amide bonds. The Morgan fingerprint density at radius 3 is 3.00 bits per heavy atom. The van der Waals surface area contributed by atoms with Gasteiger partial charge in [-0.05, 0) is 19.3 Å². The lowest BCUT2D eigenvalue weighted by Crippen LogP contribution is -2.24. The van der Waals surface area contributed by atoms with Crippen molar-refractivity contribution < 1.29 is 14.0 Å². The highest BCUT2D eigenvalue weighted by Gasteiger charge is 2.25. The third kappa shape index (κ3) is 1.82. The van der Waals surface area contributed by atoms with Gasteiger partial charge in [-0.3, -0.25) is 0 Å². The van der Waals surface area contributed by atoms with Crippen molar-refractivity contribution in [1.82, 2.24) is 0 Å². The van der Waals surface area contributed by atoms with E-state index in [1.807, 2.05) is 0 Å². The maximum Gasteiger partial charge on any atom is 0.108 e. The van der Waals surface area contributed by atoms with Crippen molar-refractivity contribution in [2.75, 3.05) is 13.2 Å². The highest BCUT2D eigenvalue weighted by Crippen LogP contribution is 2.13. The van der Waals surface area contributed by atoms with E-state index >= 15 is 0 Å². The minimum absolute atomic E-state index is 0.164. The Morgan fingerprint density at radius 2 is 2.56 bits per heavy atom. The van der Waals surface area contributed by atoms with Gasteiger partial charge in [0.1, 0.15) is 6.10 Å². The first-order chi connectivity index (χ1) is 4.34. The fourth-order valence-electron chi connectivity index (χ4n) is 0.870. The molecular weight excluding hydrogens is 140 g/mol. The molecule has 1 aliphatic heterocycles. The van der Waals surface area contributed by atoms with Gasteiger partial charge in [0.05, 0.1) is 12.7 Å². The SMILES string of the molecule is OC1CCOC1COS. The van der Waals surface area contributed by atoms with Crippen molar-refractivity contribution in [2.24, 2.45) is 0 Å². The quantitative estimate of drug-likeness (QED) is 0.430. The molecule has 1 saturated heterocycles. The Kier molecular flexibility index (Phi) is 2.78. The van der Waals surface area contributed by atoms with Gasteiger partial charge in [-0.2, -0.15) is 0 Å². The number of aliphatic hydroxyl groups excluding tert-OH is 1. The van der Waals surface area contributed by atoms with Gasteiger partial charge in [0.25, 0.3) is 0 Å². The van der Waals surface area contributed by atoms with Gasteiger partial charge >= 0.3 is 0 Å². The fraction of sp³-hybridized carbons (Fsp3) is 1.00. The Hall–Kier alpha value is 0.230. The molecule has 1 N–H and O–H groups in total. The number of ether oxygens (including phenoxy) is 1. The molecular formula is C5H10O3S. The van der Waals surface area contributed by atoms with E-state index in [2.05, 4.69) is 17.1 Å². The van der Waals surface area contributed by atoms with Crippen LogP contribution in [0.25, 0.3) is 0 Å². The summed E-state index contributed by atoms with van der Waals surface area (Å²) in [5.74, 6) is 0. The van der Waals surface area contributed by atoms with Gasteiger partial charge in [-0.1, -0.05) is 0 Å². The molecule has 0 aromatic carbocycles. The van der Waals surface area contributed by atoms with E-state index in [1.54, 1.807) is 0 Å². The van der Waals surface area contributed by atoms with E-state index in [0.717, 1.165) is 0 Å². The largest absolute Gasteiger partial charge is 0.390 e. The first-order valence-electron chi connectivity index (χ1n) is 2.90. The molecule has 1 rings (SSSR count). The maximum atomic E-state index is 9.08. The van der Waals surface area contributed by atoms with Crippen molar-refractivity contribution in [3.63, 3.8) is 0 Å². The molecule has 1 heterocycles. The van der Waals surface area contributed by atoms with Crippen LogP contribution >= 0.6 is 12.9 Å². The summed E-state index contributed by atoms with van der Waals surface area (Å²) in [5.41, 5.74) is 0. The lowest BCUT2D eigenvalue weighted by Gasteiger charge is -2.10. The zero-order chi connectivity index (χ0) is 6.69. The van der Waals surface area contributed by atoms with Crippen molar-refractivity contribution >= 4 is 12.9 Å². The first-order valence-corrected chi connectivity index (χ1v) is 3.27. The van der Waals surface area contributed by atoms with Gasteiger partial charge in [0.15, 0.2) is 0 Å². The van der Waals surface area contributed by atoms with Crippen LogP contribution in [-0.2, 0) is 8.92 Å². The number of rotatable bonds is 2. The summed E-state index contributed by atoms with van der Waals surface area (Å²) in [5, 5.41) is 9.08. The van der Waals surface area contributed by atoms with Crippen molar-refractivity contribution in [3.8, 4) is 0 Å². The van der Waals surface area contributed by atoms with E-state index < -0.39 is 0 Å². The Morgan fingerprint density at radius 1 is 1.78 bits per heavy atom. The summed E-state index contributed by atoms with van der Waals surface area (Å²) in [7, 11) is 0. The van der Waals surface area contributed by atoms with Crippen LogP contribution in [0.2, 0.25) is 0 Å². The first kappa shape index (κ1) is 7.34. The Balaban J connectivity index is 2.22. The molecule has 0 bridgehead atoms. The number of aliphatic hydroxyl groups is 1. The molecule has 0 aromatic heterocycles. The summed E-state index contributed by atoms with van der Waals surface area (Å²) in [6.07, 6.45) is 0.182. The van der Waals surface area contributed by atoms with Gasteiger partial charge in [-0.25, -0.2) is 0 Å². The van der Waals surface area contributed by atoms with Gasteiger partial charge in [0.2, 0.25) is 0 Å². The van der Waals surface area contributed by atoms with Crippen LogP contribution in [0.5, 0.6) is 0 Å². The molecule has 4 heteroatoms. The van der Waals surface area contributed by atoms with E-state index in [1.165, 1.54) is 0 Å². The summed E-state index contributed by atoms with van der Waals surface area (Å²) in [6.45, 7) is 0.993. The standard InChI is InChI=1S/C5H10O3S/c6-4-1-2-7-5(4)3-8-9/h4-6,9H,1-3H2. The zero-order valence-electron chi connectivity index (χ0n) is 4.99. The van der Waals surface area contributed by atoms with Crippen LogP contribution in [0.3, 0.4) is 0 Å². The second kappa shape index (κ2) is 3.41. The second-order valence-corrected chi connectivity index (χ2v) is 2.32. The van der Waals surface area contributed by atoms with E-state index in [0.29, 0.717) is 19.6 Å². The second-order valence-electron chi connectivity index (χ2n) is 2.06. The number of hydrogen-bond acceptors (Lipinski definition) is 4. The van der Waals surface area contributed by atoms with Crippen LogP contribution in [0, 0.1) is 0 Å². The van der Waals surface area contributed by atoms with Crippen LogP contribution in [0.15, 0.2) is 0 Å². The molecule has 3 nitrogen and oxygen atoms in total. The van der Waals surface area contributed by atoms with Crippen LogP contribution in [0.1, 0.15) is 6.42 Å². The minimum atomic E-state index is -0.364. The van der Waals surface area contributed by atoms with Gasteiger partial charge in [0, 0.05) is 6.61 Å². The van der Waals surface area contributed by atoms with Crippen LogP contribution in [-0.4, -0.2) is 30.5 Å². The molecule has 0 saturated carbocycles. The molecule has 0 aliphatic carbocycles. The van der Waals surface area contributed by atoms with Crippen LogP contribution < -0.4 is 0 Å². The average Bonchev–Trinajstić information content (AvgIpc) is 2.18. The number of hydrogen-bond donors (Lipinski definition) is 2. The predicted octanol–water partition coefficient (Wildman–Crippen LogP) is -0.00240. The molecule has 1 fully saturated rings. The Labute approximate surface area is 59.6 Å². The normalized spacial score (nSPS) is 35.3. The lowest BCUT2D eigenvalue weighted by molar-refractivity contribution is 0.0164. The predicted molar refractivity (Wildman–Crippen MR) is 35.3 cm³/mol. The molecule has 1 aliphatic rings. The molecule has 0 aromatic rings.